The molecule has 0 radical (unpaired) electrons. The summed E-state index contributed by atoms with van der Waals surface area (Å²) < 4.78 is 5.94. The van der Waals surface area contributed by atoms with Gasteiger partial charge in [0.1, 0.15) is 11.5 Å². The van der Waals surface area contributed by atoms with Crippen LogP contribution in [0, 0.1) is 0 Å². The predicted molar refractivity (Wildman–Crippen MR) is 89.8 cm³/mol. The van der Waals surface area contributed by atoms with Gasteiger partial charge in [0.25, 0.3) is 0 Å². The number of nitrogens with one attached hydrogen (secondary N) is 1. The molecule has 0 bridgehead atoms. The summed E-state index contributed by atoms with van der Waals surface area (Å²) in [5.41, 5.74) is 0.737. The van der Waals surface area contributed by atoms with Crippen molar-refractivity contribution in [3.8, 4) is 11.5 Å². The minimum absolute atomic E-state index is 0.0997. The van der Waals surface area contributed by atoms with E-state index in [0.29, 0.717) is 10.8 Å². The Morgan fingerprint density at radius 2 is 1.64 bits per heavy atom. The summed E-state index contributed by atoms with van der Waals surface area (Å²) in [6.07, 6.45) is 0. The van der Waals surface area contributed by atoms with Crippen LogP contribution in [0.1, 0.15) is 6.92 Å². The fourth-order valence-corrected chi connectivity index (χ4v) is 2.49. The second-order valence-corrected chi connectivity index (χ2v) is 5.31. The highest BCUT2D eigenvalue weighted by Gasteiger charge is 2.06. The Hall–Kier alpha value is -2.52. The molecule has 4 heteroatoms. The molecule has 22 heavy (non-hydrogen) atoms. The van der Waals surface area contributed by atoms with E-state index in [1.54, 1.807) is 12.1 Å². The average molecular weight is 312 g/mol. The maximum atomic E-state index is 11.0. The van der Waals surface area contributed by atoms with Crippen molar-refractivity contribution in [3.05, 3.63) is 65.7 Å². The number of fused-ring (bicyclic) bond motifs is 1. The number of ether oxygens (including phenoxy) is 1. The molecule has 0 spiro atoms. The van der Waals surface area contributed by atoms with E-state index in [4.69, 9.17) is 16.3 Å². The zero-order valence-electron chi connectivity index (χ0n) is 12.0. The van der Waals surface area contributed by atoms with Gasteiger partial charge in [-0.1, -0.05) is 35.9 Å². The van der Waals surface area contributed by atoms with Crippen LogP contribution in [0.15, 0.2) is 60.7 Å². The molecule has 3 aromatic carbocycles. The zero-order chi connectivity index (χ0) is 15.5. The van der Waals surface area contributed by atoms with Crippen LogP contribution in [-0.4, -0.2) is 5.91 Å². The van der Waals surface area contributed by atoms with Gasteiger partial charge in [-0.3, -0.25) is 4.79 Å². The largest absolute Gasteiger partial charge is 0.457 e. The lowest BCUT2D eigenvalue weighted by atomic mass is 10.1. The molecule has 3 aromatic rings. The number of anilines is 1. The molecule has 0 fully saturated rings. The molecule has 0 unspecified atom stereocenters. The molecule has 3 rings (SSSR count). The first-order chi connectivity index (χ1) is 10.6. The minimum Gasteiger partial charge on any atom is -0.457 e. The summed E-state index contributed by atoms with van der Waals surface area (Å²) in [7, 11) is 0. The Kier molecular flexibility index (Phi) is 3.98. The summed E-state index contributed by atoms with van der Waals surface area (Å²) >= 11 is 6.21. The normalized spacial score (nSPS) is 10.5. The number of rotatable bonds is 3. The van der Waals surface area contributed by atoms with Gasteiger partial charge in [0.2, 0.25) is 5.91 Å². The van der Waals surface area contributed by atoms with Gasteiger partial charge < -0.3 is 10.1 Å². The van der Waals surface area contributed by atoms with Crippen LogP contribution >= 0.6 is 11.6 Å². The van der Waals surface area contributed by atoms with Crippen molar-refractivity contribution >= 4 is 34.0 Å². The number of halogens is 1. The third kappa shape index (κ3) is 3.05. The monoisotopic (exact) mass is 311 g/mol. The van der Waals surface area contributed by atoms with Crippen molar-refractivity contribution in [2.24, 2.45) is 0 Å². The number of amides is 1. The summed E-state index contributed by atoms with van der Waals surface area (Å²) in [5.74, 6) is 1.34. The minimum atomic E-state index is -0.0997. The van der Waals surface area contributed by atoms with E-state index in [2.05, 4.69) is 5.32 Å². The second-order valence-electron chi connectivity index (χ2n) is 4.90. The summed E-state index contributed by atoms with van der Waals surface area (Å²) in [6, 6.07) is 18.7. The maximum absolute atomic E-state index is 11.0. The van der Waals surface area contributed by atoms with E-state index in [0.717, 1.165) is 22.2 Å². The van der Waals surface area contributed by atoms with Crippen LogP contribution in [0.4, 0.5) is 5.69 Å². The molecule has 0 saturated heterocycles. The Morgan fingerprint density at radius 3 is 2.32 bits per heavy atom. The van der Waals surface area contributed by atoms with Crippen LogP contribution in [0.5, 0.6) is 11.5 Å². The molecule has 0 aliphatic heterocycles. The van der Waals surface area contributed by atoms with Crippen LogP contribution in [0.2, 0.25) is 5.02 Å². The van der Waals surface area contributed by atoms with E-state index in [1.165, 1.54) is 6.92 Å². The summed E-state index contributed by atoms with van der Waals surface area (Å²) in [4.78, 5) is 11.0. The van der Waals surface area contributed by atoms with E-state index in [1.807, 2.05) is 48.5 Å². The smallest absolute Gasteiger partial charge is 0.221 e. The quantitative estimate of drug-likeness (QED) is 0.718. The Labute approximate surface area is 133 Å². The lowest BCUT2D eigenvalue weighted by Crippen LogP contribution is -2.05. The molecular formula is C18H14ClNO2. The molecule has 0 aromatic heterocycles. The standard InChI is InChI=1S/C18H14ClNO2/c1-12(21)20-13-6-8-14(9-7-13)22-18-11-10-17(19)15-4-2-3-5-16(15)18/h2-11H,1H3,(H,20,21). The second kappa shape index (κ2) is 6.08. The number of hydrogen-bond donors (Lipinski definition) is 1. The molecule has 0 aliphatic rings. The van der Waals surface area contributed by atoms with Crippen LogP contribution in [0.3, 0.4) is 0 Å². The molecule has 1 amide bonds. The van der Waals surface area contributed by atoms with Crippen molar-refractivity contribution in [1.82, 2.24) is 0 Å². The van der Waals surface area contributed by atoms with Gasteiger partial charge in [0.15, 0.2) is 0 Å². The number of benzene rings is 3. The maximum Gasteiger partial charge on any atom is 0.221 e. The van der Waals surface area contributed by atoms with Crippen LogP contribution < -0.4 is 10.1 Å². The van der Waals surface area contributed by atoms with Crippen molar-refractivity contribution in [3.63, 3.8) is 0 Å². The average Bonchev–Trinajstić information content (AvgIpc) is 2.52. The first-order valence-electron chi connectivity index (χ1n) is 6.86. The molecular weight excluding hydrogens is 298 g/mol. The first kappa shape index (κ1) is 14.4. The van der Waals surface area contributed by atoms with E-state index >= 15 is 0 Å². The van der Waals surface area contributed by atoms with E-state index in [-0.39, 0.29) is 5.91 Å². The van der Waals surface area contributed by atoms with Gasteiger partial charge in [0.05, 0.1) is 0 Å². The molecule has 0 aliphatic carbocycles. The highest BCUT2D eigenvalue weighted by molar-refractivity contribution is 6.35. The Balaban J connectivity index is 1.90. The Morgan fingerprint density at radius 1 is 0.955 bits per heavy atom. The van der Waals surface area contributed by atoms with Gasteiger partial charge in [-0.25, -0.2) is 0 Å². The van der Waals surface area contributed by atoms with Crippen molar-refractivity contribution in [2.45, 2.75) is 6.92 Å². The van der Waals surface area contributed by atoms with E-state index < -0.39 is 0 Å². The van der Waals surface area contributed by atoms with Crippen LogP contribution in [-0.2, 0) is 4.79 Å². The summed E-state index contributed by atoms with van der Waals surface area (Å²) in [6.45, 7) is 1.48. The molecule has 0 atom stereocenters. The fourth-order valence-electron chi connectivity index (χ4n) is 2.26. The highest BCUT2D eigenvalue weighted by Crippen LogP contribution is 2.34. The zero-order valence-corrected chi connectivity index (χ0v) is 12.7. The fraction of sp³-hybridized carbons (Fsp3) is 0.0556. The lowest BCUT2D eigenvalue weighted by molar-refractivity contribution is -0.114. The Bertz CT molecular complexity index is 828. The van der Waals surface area contributed by atoms with Gasteiger partial charge in [-0.15, -0.1) is 0 Å². The highest BCUT2D eigenvalue weighted by atomic mass is 35.5. The number of hydrogen-bond acceptors (Lipinski definition) is 2. The lowest BCUT2D eigenvalue weighted by Gasteiger charge is -2.10. The number of carbonyl (C=O) groups is 1. The third-order valence-electron chi connectivity index (χ3n) is 3.23. The van der Waals surface area contributed by atoms with Crippen molar-refractivity contribution in [2.75, 3.05) is 5.32 Å². The SMILES string of the molecule is CC(=O)Nc1ccc(Oc2ccc(Cl)c3ccccc23)cc1. The summed E-state index contributed by atoms with van der Waals surface area (Å²) in [5, 5.41) is 5.33. The molecule has 3 nitrogen and oxygen atoms in total. The molecule has 110 valence electrons. The van der Waals surface area contributed by atoms with Crippen molar-refractivity contribution in [1.29, 1.82) is 0 Å². The first-order valence-corrected chi connectivity index (χ1v) is 7.24. The molecule has 0 heterocycles. The van der Waals surface area contributed by atoms with Gasteiger partial charge in [0, 0.05) is 28.4 Å². The topological polar surface area (TPSA) is 38.3 Å². The molecule has 1 N–H and O–H groups in total. The van der Waals surface area contributed by atoms with Crippen molar-refractivity contribution < 1.29 is 9.53 Å². The van der Waals surface area contributed by atoms with E-state index in [9.17, 15) is 4.79 Å². The molecule has 0 saturated carbocycles. The third-order valence-corrected chi connectivity index (χ3v) is 3.56. The van der Waals surface area contributed by atoms with Gasteiger partial charge >= 0.3 is 0 Å². The van der Waals surface area contributed by atoms with Gasteiger partial charge in [-0.2, -0.15) is 0 Å². The predicted octanol–water partition coefficient (Wildman–Crippen LogP) is 5.24. The van der Waals surface area contributed by atoms with Crippen LogP contribution in [0.25, 0.3) is 10.8 Å². The number of carbonyl (C=O) groups excluding carboxylic acids is 1. The van der Waals surface area contributed by atoms with Gasteiger partial charge in [-0.05, 0) is 36.4 Å².